The summed E-state index contributed by atoms with van der Waals surface area (Å²) in [5, 5.41) is 2.77. The lowest BCUT2D eigenvalue weighted by Crippen LogP contribution is -2.27. The van der Waals surface area contributed by atoms with Crippen LogP contribution in [0.4, 0.5) is 0 Å². The number of aromatic nitrogens is 1. The minimum Gasteiger partial charge on any atom is -0.466 e. The highest BCUT2D eigenvalue weighted by molar-refractivity contribution is 5.78. The lowest BCUT2D eigenvalue weighted by Gasteiger charge is -2.06. The molecule has 1 amide bonds. The van der Waals surface area contributed by atoms with Crippen LogP contribution in [0.15, 0.2) is 18.3 Å². The molecule has 5 nitrogen and oxygen atoms in total. The minimum absolute atomic E-state index is 0.0781. The van der Waals surface area contributed by atoms with Gasteiger partial charge in [-0.05, 0) is 31.9 Å². The second kappa shape index (κ2) is 8.24. The van der Waals surface area contributed by atoms with Crippen molar-refractivity contribution in [3.05, 3.63) is 29.6 Å². The molecule has 1 aromatic heterocycles. The molecular formula is C14H20N2O3. The number of pyridine rings is 1. The van der Waals surface area contributed by atoms with Crippen molar-refractivity contribution in [1.29, 1.82) is 0 Å². The Morgan fingerprint density at radius 1 is 1.42 bits per heavy atom. The quantitative estimate of drug-likeness (QED) is 0.597. The molecule has 0 aliphatic carbocycles. The van der Waals surface area contributed by atoms with Crippen molar-refractivity contribution >= 4 is 11.9 Å². The van der Waals surface area contributed by atoms with Gasteiger partial charge in [-0.2, -0.15) is 0 Å². The zero-order chi connectivity index (χ0) is 14.1. The third-order valence-corrected chi connectivity index (χ3v) is 2.63. The van der Waals surface area contributed by atoms with Crippen LogP contribution >= 0.6 is 0 Å². The fourth-order valence-electron chi connectivity index (χ4n) is 1.61. The van der Waals surface area contributed by atoms with Crippen LogP contribution in [0, 0.1) is 6.92 Å². The monoisotopic (exact) mass is 264 g/mol. The standard InChI is InChI=1S/C14H20N2O3/c1-3-19-14(18)7-5-9-16-13(17)10-12-11(2)6-4-8-15-12/h4,6,8H,3,5,7,9-10H2,1-2H3,(H,16,17). The number of amides is 1. The Morgan fingerprint density at radius 3 is 2.89 bits per heavy atom. The Kier molecular flexibility index (Phi) is 6.57. The first-order valence-corrected chi connectivity index (χ1v) is 6.46. The van der Waals surface area contributed by atoms with Crippen LogP contribution < -0.4 is 5.32 Å². The molecule has 0 aliphatic rings. The Morgan fingerprint density at radius 2 is 2.21 bits per heavy atom. The average molecular weight is 264 g/mol. The lowest BCUT2D eigenvalue weighted by molar-refractivity contribution is -0.143. The number of carbonyl (C=O) groups is 2. The smallest absolute Gasteiger partial charge is 0.305 e. The lowest BCUT2D eigenvalue weighted by atomic mass is 10.1. The van der Waals surface area contributed by atoms with E-state index in [-0.39, 0.29) is 18.3 Å². The van der Waals surface area contributed by atoms with E-state index >= 15 is 0 Å². The van der Waals surface area contributed by atoms with Gasteiger partial charge in [0.15, 0.2) is 0 Å². The third-order valence-electron chi connectivity index (χ3n) is 2.63. The number of carbonyl (C=O) groups excluding carboxylic acids is 2. The van der Waals surface area contributed by atoms with Crippen molar-refractivity contribution < 1.29 is 14.3 Å². The number of hydrogen-bond acceptors (Lipinski definition) is 4. The summed E-state index contributed by atoms with van der Waals surface area (Å²) in [7, 11) is 0. The first kappa shape index (κ1) is 15.1. The molecule has 5 heteroatoms. The van der Waals surface area contributed by atoms with Gasteiger partial charge in [-0.15, -0.1) is 0 Å². The van der Waals surface area contributed by atoms with E-state index in [2.05, 4.69) is 10.3 Å². The normalized spacial score (nSPS) is 10.0. The summed E-state index contributed by atoms with van der Waals surface area (Å²) in [4.78, 5) is 26.9. The number of hydrogen-bond donors (Lipinski definition) is 1. The molecule has 0 bridgehead atoms. The molecule has 1 rings (SSSR count). The minimum atomic E-state index is -0.225. The Hall–Kier alpha value is -1.91. The number of nitrogens with one attached hydrogen (secondary N) is 1. The highest BCUT2D eigenvalue weighted by atomic mass is 16.5. The van der Waals surface area contributed by atoms with Crippen molar-refractivity contribution in [1.82, 2.24) is 10.3 Å². The van der Waals surface area contributed by atoms with E-state index in [0.29, 0.717) is 26.0 Å². The van der Waals surface area contributed by atoms with Crippen LogP contribution in [0.3, 0.4) is 0 Å². The summed E-state index contributed by atoms with van der Waals surface area (Å²) >= 11 is 0. The summed E-state index contributed by atoms with van der Waals surface area (Å²) in [6.07, 6.45) is 2.87. The molecule has 1 aromatic rings. The van der Waals surface area contributed by atoms with Crippen molar-refractivity contribution in [2.45, 2.75) is 33.1 Å². The number of rotatable bonds is 7. The van der Waals surface area contributed by atoms with E-state index in [9.17, 15) is 9.59 Å². The van der Waals surface area contributed by atoms with Gasteiger partial charge in [0.2, 0.25) is 5.91 Å². The molecule has 19 heavy (non-hydrogen) atoms. The number of aryl methyl sites for hydroxylation is 1. The van der Waals surface area contributed by atoms with E-state index in [1.54, 1.807) is 13.1 Å². The maximum absolute atomic E-state index is 11.7. The van der Waals surface area contributed by atoms with Gasteiger partial charge in [-0.1, -0.05) is 6.07 Å². The predicted molar refractivity (Wildman–Crippen MR) is 71.6 cm³/mol. The van der Waals surface area contributed by atoms with E-state index in [4.69, 9.17) is 4.74 Å². The number of ether oxygens (including phenoxy) is 1. The Balaban J connectivity index is 2.22. The summed E-state index contributed by atoms with van der Waals surface area (Å²) in [5.74, 6) is -0.303. The molecule has 0 spiro atoms. The zero-order valence-corrected chi connectivity index (χ0v) is 11.4. The molecule has 1 heterocycles. The second-order valence-corrected chi connectivity index (χ2v) is 4.20. The highest BCUT2D eigenvalue weighted by Crippen LogP contribution is 2.03. The molecule has 0 atom stereocenters. The molecule has 0 unspecified atom stereocenters. The topological polar surface area (TPSA) is 68.3 Å². The third kappa shape index (κ3) is 5.99. The van der Waals surface area contributed by atoms with E-state index in [1.165, 1.54) is 0 Å². The van der Waals surface area contributed by atoms with Crippen molar-refractivity contribution in [3.63, 3.8) is 0 Å². The first-order valence-electron chi connectivity index (χ1n) is 6.46. The molecule has 0 aliphatic heterocycles. The number of esters is 1. The van der Waals surface area contributed by atoms with Crippen LogP contribution in [0.5, 0.6) is 0 Å². The molecule has 0 radical (unpaired) electrons. The van der Waals surface area contributed by atoms with Gasteiger partial charge in [0.25, 0.3) is 0 Å². The summed E-state index contributed by atoms with van der Waals surface area (Å²) in [6, 6.07) is 3.77. The molecule has 0 aromatic carbocycles. The predicted octanol–water partition coefficient (Wildman–Crippen LogP) is 1.39. The molecule has 0 saturated heterocycles. The highest BCUT2D eigenvalue weighted by Gasteiger charge is 2.07. The largest absolute Gasteiger partial charge is 0.466 e. The van der Waals surface area contributed by atoms with E-state index in [0.717, 1.165) is 11.3 Å². The summed E-state index contributed by atoms with van der Waals surface area (Å²) in [5.41, 5.74) is 1.79. The zero-order valence-electron chi connectivity index (χ0n) is 11.4. The second-order valence-electron chi connectivity index (χ2n) is 4.20. The van der Waals surface area contributed by atoms with Gasteiger partial charge in [0, 0.05) is 19.2 Å². The van der Waals surface area contributed by atoms with Crippen molar-refractivity contribution in [3.8, 4) is 0 Å². The SMILES string of the molecule is CCOC(=O)CCCNC(=O)Cc1ncccc1C. The van der Waals surface area contributed by atoms with Crippen LogP contribution in [-0.4, -0.2) is 30.0 Å². The van der Waals surface area contributed by atoms with Gasteiger partial charge < -0.3 is 10.1 Å². The Labute approximate surface area is 113 Å². The van der Waals surface area contributed by atoms with Crippen LogP contribution in [0.1, 0.15) is 31.0 Å². The number of nitrogens with zero attached hydrogens (tertiary/aromatic N) is 1. The van der Waals surface area contributed by atoms with Gasteiger partial charge in [-0.25, -0.2) is 0 Å². The summed E-state index contributed by atoms with van der Waals surface area (Å²) in [6.45, 7) is 4.57. The Bertz CT molecular complexity index is 432. The van der Waals surface area contributed by atoms with Crippen molar-refractivity contribution in [2.24, 2.45) is 0 Å². The first-order chi connectivity index (χ1) is 9.13. The van der Waals surface area contributed by atoms with E-state index < -0.39 is 0 Å². The van der Waals surface area contributed by atoms with E-state index in [1.807, 2.05) is 19.1 Å². The fourth-order valence-corrected chi connectivity index (χ4v) is 1.61. The van der Waals surface area contributed by atoms with Crippen LogP contribution in [-0.2, 0) is 20.7 Å². The summed E-state index contributed by atoms with van der Waals surface area (Å²) < 4.78 is 4.80. The van der Waals surface area contributed by atoms with Crippen LogP contribution in [0.2, 0.25) is 0 Å². The van der Waals surface area contributed by atoms with Crippen LogP contribution in [0.25, 0.3) is 0 Å². The fraction of sp³-hybridized carbons (Fsp3) is 0.500. The molecule has 0 saturated carbocycles. The van der Waals surface area contributed by atoms with Gasteiger partial charge in [-0.3, -0.25) is 14.6 Å². The molecular weight excluding hydrogens is 244 g/mol. The van der Waals surface area contributed by atoms with Gasteiger partial charge in [0.05, 0.1) is 18.7 Å². The maximum Gasteiger partial charge on any atom is 0.305 e. The van der Waals surface area contributed by atoms with Gasteiger partial charge in [0.1, 0.15) is 0 Å². The maximum atomic E-state index is 11.7. The molecule has 104 valence electrons. The molecule has 0 fully saturated rings. The van der Waals surface area contributed by atoms with Crippen molar-refractivity contribution in [2.75, 3.05) is 13.2 Å². The average Bonchev–Trinajstić information content (AvgIpc) is 2.38. The van der Waals surface area contributed by atoms with Gasteiger partial charge >= 0.3 is 5.97 Å². The molecule has 1 N–H and O–H groups in total.